The lowest BCUT2D eigenvalue weighted by atomic mass is 10.1. The normalized spacial score (nSPS) is 12.2. The lowest BCUT2D eigenvalue weighted by molar-refractivity contribution is 0.354. The number of aryl methyl sites for hydroxylation is 1. The molecule has 1 aromatic carbocycles. The molecule has 2 aromatic rings. The second-order valence-corrected chi connectivity index (χ2v) is 7.39. The molecular formula is C15H16BrClO2S. The lowest BCUT2D eigenvalue weighted by Crippen LogP contribution is -1.96. The van der Waals surface area contributed by atoms with Crippen molar-refractivity contribution in [2.24, 2.45) is 0 Å². The fraction of sp³-hybridized carbons (Fsp3) is 0.333. The van der Waals surface area contributed by atoms with Gasteiger partial charge in [-0.1, -0.05) is 6.07 Å². The summed E-state index contributed by atoms with van der Waals surface area (Å²) in [5, 5.41) is -0.0388. The van der Waals surface area contributed by atoms with Crippen LogP contribution in [0, 0.1) is 6.92 Å². The van der Waals surface area contributed by atoms with E-state index in [0.717, 1.165) is 27.3 Å². The maximum atomic E-state index is 6.51. The Morgan fingerprint density at radius 2 is 1.90 bits per heavy atom. The molecule has 0 radical (unpaired) electrons. The molecule has 0 fully saturated rings. The zero-order valence-electron chi connectivity index (χ0n) is 11.6. The highest BCUT2D eigenvalue weighted by molar-refractivity contribution is 9.11. The summed E-state index contributed by atoms with van der Waals surface area (Å²) < 4.78 is 11.7. The Morgan fingerprint density at radius 3 is 2.45 bits per heavy atom. The molecule has 0 amide bonds. The number of rotatable bonds is 5. The first kappa shape index (κ1) is 15.7. The van der Waals surface area contributed by atoms with E-state index in [2.05, 4.69) is 28.9 Å². The van der Waals surface area contributed by atoms with Crippen LogP contribution < -0.4 is 9.47 Å². The molecule has 0 saturated carbocycles. The van der Waals surface area contributed by atoms with Gasteiger partial charge in [-0.3, -0.25) is 0 Å². The van der Waals surface area contributed by atoms with Gasteiger partial charge in [0.05, 0.1) is 23.4 Å². The Hall–Kier alpha value is -0.710. The molecule has 0 aliphatic rings. The van der Waals surface area contributed by atoms with Crippen molar-refractivity contribution >= 4 is 38.9 Å². The number of alkyl halides is 1. The third-order valence-corrected chi connectivity index (χ3v) is 5.82. The largest absolute Gasteiger partial charge is 0.493 e. The Balaban J connectivity index is 2.17. The third kappa shape index (κ3) is 3.48. The Morgan fingerprint density at radius 1 is 1.20 bits per heavy atom. The van der Waals surface area contributed by atoms with E-state index < -0.39 is 0 Å². The number of hydrogen-bond donors (Lipinski definition) is 0. The minimum atomic E-state index is -0.0388. The topological polar surface area (TPSA) is 18.5 Å². The summed E-state index contributed by atoms with van der Waals surface area (Å²) in [6, 6.07) is 8.04. The molecule has 5 heteroatoms. The molecule has 0 aliphatic carbocycles. The van der Waals surface area contributed by atoms with E-state index in [4.69, 9.17) is 21.1 Å². The fourth-order valence-electron chi connectivity index (χ4n) is 1.95. The summed E-state index contributed by atoms with van der Waals surface area (Å²) in [7, 11) is 3.27. The molecule has 108 valence electrons. The number of hydrogen-bond acceptors (Lipinski definition) is 3. The molecule has 0 bridgehead atoms. The molecule has 2 rings (SSSR count). The van der Waals surface area contributed by atoms with E-state index in [1.165, 1.54) is 10.4 Å². The maximum absolute atomic E-state index is 6.51. The Bertz CT molecular complexity index is 578. The SMILES string of the molecule is COc1ccc(CC(Cl)c2cc(C)c(Br)s2)cc1OC. The first-order valence-electron chi connectivity index (χ1n) is 6.16. The molecule has 1 atom stereocenters. The monoisotopic (exact) mass is 374 g/mol. The summed E-state index contributed by atoms with van der Waals surface area (Å²) in [4.78, 5) is 1.17. The number of halogens is 2. The molecule has 1 unspecified atom stereocenters. The van der Waals surface area contributed by atoms with Crippen LogP contribution in [-0.2, 0) is 6.42 Å². The molecule has 0 aliphatic heterocycles. The molecule has 0 N–H and O–H groups in total. The van der Waals surface area contributed by atoms with Crippen molar-refractivity contribution in [1.82, 2.24) is 0 Å². The average molecular weight is 376 g/mol. The Labute approximate surface area is 136 Å². The van der Waals surface area contributed by atoms with Crippen LogP contribution >= 0.6 is 38.9 Å². The number of methoxy groups -OCH3 is 2. The quantitative estimate of drug-likeness (QED) is 0.655. The predicted octanol–water partition coefficient (Wildman–Crippen LogP) is 5.36. The van der Waals surface area contributed by atoms with Gasteiger partial charge in [0.2, 0.25) is 0 Å². The summed E-state index contributed by atoms with van der Waals surface area (Å²) in [6.07, 6.45) is 0.758. The van der Waals surface area contributed by atoms with E-state index in [-0.39, 0.29) is 5.38 Å². The van der Waals surface area contributed by atoms with Crippen molar-refractivity contribution in [2.75, 3.05) is 14.2 Å². The van der Waals surface area contributed by atoms with Gasteiger partial charge in [-0.15, -0.1) is 22.9 Å². The minimum Gasteiger partial charge on any atom is -0.493 e. The molecule has 0 spiro atoms. The molecule has 0 saturated heterocycles. The van der Waals surface area contributed by atoms with Gasteiger partial charge >= 0.3 is 0 Å². The van der Waals surface area contributed by atoms with Crippen molar-refractivity contribution in [3.8, 4) is 11.5 Å². The van der Waals surface area contributed by atoms with E-state index >= 15 is 0 Å². The molecule has 20 heavy (non-hydrogen) atoms. The Kier molecular flexibility index (Phi) is 5.35. The number of benzene rings is 1. The highest BCUT2D eigenvalue weighted by Gasteiger charge is 2.14. The van der Waals surface area contributed by atoms with Crippen molar-refractivity contribution in [2.45, 2.75) is 18.7 Å². The van der Waals surface area contributed by atoms with Crippen molar-refractivity contribution in [3.05, 3.63) is 44.1 Å². The van der Waals surface area contributed by atoms with Gasteiger partial charge in [-0.25, -0.2) is 0 Å². The van der Waals surface area contributed by atoms with Gasteiger partial charge < -0.3 is 9.47 Å². The van der Waals surface area contributed by atoms with Gasteiger partial charge in [0.15, 0.2) is 11.5 Å². The van der Waals surface area contributed by atoms with Crippen LogP contribution in [0.3, 0.4) is 0 Å². The maximum Gasteiger partial charge on any atom is 0.160 e. The lowest BCUT2D eigenvalue weighted by Gasteiger charge is -2.11. The van der Waals surface area contributed by atoms with Crippen LogP contribution in [0.2, 0.25) is 0 Å². The second kappa shape index (κ2) is 6.83. The third-order valence-electron chi connectivity index (χ3n) is 3.05. The van der Waals surface area contributed by atoms with Crippen LogP contribution in [0.5, 0.6) is 11.5 Å². The van der Waals surface area contributed by atoms with Gasteiger partial charge in [0.1, 0.15) is 0 Å². The predicted molar refractivity (Wildman–Crippen MR) is 88.6 cm³/mol. The summed E-state index contributed by atoms with van der Waals surface area (Å²) >= 11 is 11.7. The van der Waals surface area contributed by atoms with Gasteiger partial charge in [-0.05, 0) is 58.6 Å². The van der Waals surface area contributed by atoms with E-state index in [9.17, 15) is 0 Å². The van der Waals surface area contributed by atoms with Crippen LogP contribution in [-0.4, -0.2) is 14.2 Å². The standard InChI is InChI=1S/C15H16BrClO2S/c1-9-6-14(20-15(9)16)11(17)7-10-4-5-12(18-2)13(8-10)19-3/h4-6,8,11H,7H2,1-3H3. The van der Waals surface area contributed by atoms with Crippen molar-refractivity contribution < 1.29 is 9.47 Å². The fourth-order valence-corrected chi connectivity index (χ4v) is 3.88. The van der Waals surface area contributed by atoms with Crippen LogP contribution in [0.25, 0.3) is 0 Å². The van der Waals surface area contributed by atoms with Crippen LogP contribution in [0.1, 0.15) is 21.4 Å². The molecule has 1 aromatic heterocycles. The van der Waals surface area contributed by atoms with Crippen molar-refractivity contribution in [1.29, 1.82) is 0 Å². The first-order valence-corrected chi connectivity index (χ1v) is 8.20. The summed E-state index contributed by atoms with van der Waals surface area (Å²) in [5.41, 5.74) is 2.35. The molecular weight excluding hydrogens is 360 g/mol. The highest BCUT2D eigenvalue weighted by atomic mass is 79.9. The molecule has 1 heterocycles. The number of thiophene rings is 1. The van der Waals surface area contributed by atoms with Crippen LogP contribution in [0.4, 0.5) is 0 Å². The molecule has 2 nitrogen and oxygen atoms in total. The smallest absolute Gasteiger partial charge is 0.160 e. The van der Waals surface area contributed by atoms with E-state index in [1.54, 1.807) is 25.6 Å². The zero-order chi connectivity index (χ0) is 14.7. The zero-order valence-corrected chi connectivity index (χ0v) is 14.7. The summed E-state index contributed by atoms with van der Waals surface area (Å²) in [5.74, 6) is 1.47. The average Bonchev–Trinajstić information content (AvgIpc) is 2.78. The van der Waals surface area contributed by atoms with E-state index in [1.807, 2.05) is 18.2 Å². The van der Waals surface area contributed by atoms with Gasteiger partial charge in [0.25, 0.3) is 0 Å². The van der Waals surface area contributed by atoms with Gasteiger partial charge in [0, 0.05) is 4.88 Å². The second-order valence-electron chi connectivity index (χ2n) is 4.47. The van der Waals surface area contributed by atoms with Crippen molar-refractivity contribution in [3.63, 3.8) is 0 Å². The van der Waals surface area contributed by atoms with E-state index in [0.29, 0.717) is 0 Å². The minimum absolute atomic E-state index is 0.0388. The number of ether oxygens (including phenoxy) is 2. The van der Waals surface area contributed by atoms with Gasteiger partial charge in [-0.2, -0.15) is 0 Å². The first-order chi connectivity index (χ1) is 9.55. The highest BCUT2D eigenvalue weighted by Crippen LogP contribution is 2.37. The van der Waals surface area contributed by atoms with Crippen LogP contribution in [0.15, 0.2) is 28.1 Å². The summed E-state index contributed by atoms with van der Waals surface area (Å²) in [6.45, 7) is 2.07.